The number of likely N-dealkylation sites (tertiary alicyclic amines) is 1. The van der Waals surface area contributed by atoms with Gasteiger partial charge in [-0.1, -0.05) is 18.2 Å². The van der Waals surface area contributed by atoms with E-state index >= 15 is 0 Å². The van der Waals surface area contributed by atoms with Gasteiger partial charge in [0.15, 0.2) is 0 Å². The number of hydrogen-bond acceptors (Lipinski definition) is 5. The molecule has 1 atom stereocenters. The molecule has 3 aromatic rings. The summed E-state index contributed by atoms with van der Waals surface area (Å²) >= 11 is 0. The van der Waals surface area contributed by atoms with Crippen LogP contribution in [-0.4, -0.2) is 40.8 Å². The molecule has 1 unspecified atom stereocenters. The molecule has 1 aromatic carbocycles. The molecule has 0 aliphatic carbocycles. The number of nitrogens with one attached hydrogen (secondary N) is 1. The van der Waals surface area contributed by atoms with Crippen LogP contribution in [0.2, 0.25) is 0 Å². The summed E-state index contributed by atoms with van der Waals surface area (Å²) < 4.78 is 6.02. The highest BCUT2D eigenvalue weighted by molar-refractivity contribution is 5.97. The van der Waals surface area contributed by atoms with Crippen LogP contribution in [0.4, 0.5) is 5.82 Å². The quantitative estimate of drug-likeness (QED) is 0.656. The third-order valence-electron chi connectivity index (χ3n) is 5.87. The number of hydrogen-bond donors (Lipinski definition) is 2. The van der Waals surface area contributed by atoms with Gasteiger partial charge in [0.1, 0.15) is 17.2 Å². The van der Waals surface area contributed by atoms with Crippen molar-refractivity contribution in [2.75, 3.05) is 18.4 Å². The van der Waals surface area contributed by atoms with Crippen molar-refractivity contribution >= 4 is 34.7 Å². The Bertz CT molecular complexity index is 1190. The standard InChI is InChI=1S/C23H22N4O3/c1-13-17-4-2-3-5-19(17)30-21(13)16-11-27(12-16)20(28)7-6-14-8-15-9-18(24)23(29)26-22(15)25-10-14/h2-8,10,16,18H,9,11-12,24H2,1H3,(H,25,26,29)/b7-6+. The predicted octanol–water partition coefficient (Wildman–Crippen LogP) is 2.60. The molecule has 1 saturated heterocycles. The Morgan fingerprint density at radius 1 is 1.33 bits per heavy atom. The zero-order chi connectivity index (χ0) is 20.8. The second-order valence-electron chi connectivity index (χ2n) is 7.94. The number of furan rings is 1. The van der Waals surface area contributed by atoms with Crippen molar-refractivity contribution in [1.29, 1.82) is 0 Å². The van der Waals surface area contributed by atoms with Crippen LogP contribution in [0.3, 0.4) is 0 Å². The van der Waals surface area contributed by atoms with E-state index in [0.29, 0.717) is 25.3 Å². The van der Waals surface area contributed by atoms with Crippen molar-refractivity contribution in [2.24, 2.45) is 5.73 Å². The van der Waals surface area contributed by atoms with Crippen LogP contribution in [0.25, 0.3) is 17.0 Å². The van der Waals surface area contributed by atoms with Crippen molar-refractivity contribution < 1.29 is 14.0 Å². The maximum atomic E-state index is 12.5. The number of aromatic nitrogens is 1. The number of amides is 2. The molecule has 2 amide bonds. The average Bonchev–Trinajstić information content (AvgIpc) is 3.03. The molecule has 7 nitrogen and oxygen atoms in total. The number of anilines is 1. The van der Waals surface area contributed by atoms with Crippen molar-refractivity contribution in [3.05, 3.63) is 65.1 Å². The first kappa shape index (κ1) is 18.6. The predicted molar refractivity (Wildman–Crippen MR) is 114 cm³/mol. The van der Waals surface area contributed by atoms with Crippen LogP contribution < -0.4 is 11.1 Å². The van der Waals surface area contributed by atoms with Crippen molar-refractivity contribution in [1.82, 2.24) is 9.88 Å². The van der Waals surface area contributed by atoms with Gasteiger partial charge in [-0.25, -0.2) is 4.98 Å². The van der Waals surface area contributed by atoms with Crippen LogP contribution in [0.15, 0.2) is 47.0 Å². The van der Waals surface area contributed by atoms with Crippen LogP contribution in [-0.2, 0) is 16.0 Å². The smallest absolute Gasteiger partial charge is 0.246 e. The molecule has 0 bridgehead atoms. The number of benzene rings is 1. The number of carbonyl (C=O) groups excluding carboxylic acids is 2. The number of para-hydroxylation sites is 1. The minimum atomic E-state index is -0.570. The Morgan fingerprint density at radius 2 is 2.13 bits per heavy atom. The summed E-state index contributed by atoms with van der Waals surface area (Å²) in [6.07, 6.45) is 5.38. The van der Waals surface area contributed by atoms with Gasteiger partial charge in [-0.15, -0.1) is 0 Å². The lowest BCUT2D eigenvalue weighted by Gasteiger charge is -2.37. The number of rotatable bonds is 3. The molecule has 4 heterocycles. The minimum absolute atomic E-state index is 0.0391. The molecule has 0 spiro atoms. The fourth-order valence-corrected chi connectivity index (χ4v) is 4.11. The Morgan fingerprint density at radius 3 is 2.93 bits per heavy atom. The summed E-state index contributed by atoms with van der Waals surface area (Å²) in [6, 6.07) is 9.34. The van der Waals surface area contributed by atoms with E-state index in [1.54, 1.807) is 23.2 Å². The normalized spacial score (nSPS) is 19.1. The average molecular weight is 402 g/mol. The first-order valence-electron chi connectivity index (χ1n) is 10.00. The third kappa shape index (κ3) is 3.17. The number of carbonyl (C=O) groups is 2. The van der Waals surface area contributed by atoms with Gasteiger partial charge in [-0.3, -0.25) is 9.59 Å². The van der Waals surface area contributed by atoms with Crippen molar-refractivity contribution in [3.8, 4) is 0 Å². The van der Waals surface area contributed by atoms with Crippen molar-refractivity contribution in [2.45, 2.75) is 25.3 Å². The Hall–Kier alpha value is -3.45. The number of fused-ring (bicyclic) bond motifs is 2. The van der Waals surface area contributed by atoms with Crippen LogP contribution in [0.5, 0.6) is 0 Å². The summed E-state index contributed by atoms with van der Waals surface area (Å²) in [7, 11) is 0. The summed E-state index contributed by atoms with van der Waals surface area (Å²) in [5, 5.41) is 3.82. The van der Waals surface area contributed by atoms with Gasteiger partial charge < -0.3 is 20.4 Å². The van der Waals surface area contributed by atoms with E-state index < -0.39 is 6.04 Å². The summed E-state index contributed by atoms with van der Waals surface area (Å²) in [4.78, 5) is 30.2. The molecular weight excluding hydrogens is 380 g/mol. The zero-order valence-corrected chi connectivity index (χ0v) is 16.6. The molecule has 3 N–H and O–H groups in total. The largest absolute Gasteiger partial charge is 0.460 e. The maximum Gasteiger partial charge on any atom is 0.246 e. The fourth-order valence-electron chi connectivity index (χ4n) is 4.11. The molecule has 5 rings (SSSR count). The zero-order valence-electron chi connectivity index (χ0n) is 16.6. The van der Waals surface area contributed by atoms with E-state index in [1.165, 1.54) is 0 Å². The molecule has 2 aromatic heterocycles. The van der Waals surface area contributed by atoms with Gasteiger partial charge in [-0.2, -0.15) is 0 Å². The van der Waals surface area contributed by atoms with Gasteiger partial charge in [0.05, 0.1) is 12.0 Å². The minimum Gasteiger partial charge on any atom is -0.460 e. The maximum absolute atomic E-state index is 12.5. The topological polar surface area (TPSA) is 101 Å². The Balaban J connectivity index is 1.24. The van der Waals surface area contributed by atoms with Crippen LogP contribution >= 0.6 is 0 Å². The lowest BCUT2D eigenvalue weighted by molar-refractivity contribution is -0.130. The molecule has 2 aliphatic heterocycles. The molecule has 1 fully saturated rings. The molecule has 0 radical (unpaired) electrons. The van der Waals surface area contributed by atoms with Gasteiger partial charge in [0.2, 0.25) is 11.8 Å². The fraction of sp³-hybridized carbons (Fsp3) is 0.261. The van der Waals surface area contributed by atoms with E-state index in [4.69, 9.17) is 10.2 Å². The lowest BCUT2D eigenvalue weighted by atomic mass is 9.94. The van der Waals surface area contributed by atoms with Crippen LogP contribution in [0, 0.1) is 6.92 Å². The summed E-state index contributed by atoms with van der Waals surface area (Å²) in [5.41, 5.74) is 9.53. The third-order valence-corrected chi connectivity index (χ3v) is 5.87. The van der Waals surface area contributed by atoms with E-state index in [1.807, 2.05) is 24.3 Å². The second kappa shape index (κ2) is 7.11. The highest BCUT2D eigenvalue weighted by Crippen LogP contribution is 2.35. The highest BCUT2D eigenvalue weighted by Gasteiger charge is 2.34. The number of nitrogens with zero attached hydrogens (tertiary/aromatic N) is 2. The first-order chi connectivity index (χ1) is 14.5. The molecule has 30 heavy (non-hydrogen) atoms. The number of nitrogens with two attached hydrogens (primary N) is 1. The van der Waals surface area contributed by atoms with E-state index in [-0.39, 0.29) is 17.7 Å². The van der Waals surface area contributed by atoms with Gasteiger partial charge in [-0.05, 0) is 41.8 Å². The van der Waals surface area contributed by atoms with Gasteiger partial charge >= 0.3 is 0 Å². The summed E-state index contributed by atoms with van der Waals surface area (Å²) in [6.45, 7) is 3.36. The Kier molecular flexibility index (Phi) is 4.40. The molecule has 2 aliphatic rings. The molecule has 7 heteroatoms. The number of pyridine rings is 1. The molecular formula is C23H22N4O3. The number of aryl methyl sites for hydroxylation is 1. The Labute approximate surface area is 173 Å². The SMILES string of the molecule is Cc1c(C2CN(C(=O)/C=C/c3cnc4c(c3)CC(N)C(=O)N4)C2)oc2ccccc12. The van der Waals surface area contributed by atoms with Gasteiger partial charge in [0.25, 0.3) is 0 Å². The molecule has 0 saturated carbocycles. The molecule has 152 valence electrons. The van der Waals surface area contributed by atoms with E-state index in [2.05, 4.69) is 23.3 Å². The monoisotopic (exact) mass is 402 g/mol. The lowest BCUT2D eigenvalue weighted by Crippen LogP contribution is -2.47. The summed E-state index contributed by atoms with van der Waals surface area (Å²) in [5.74, 6) is 1.48. The van der Waals surface area contributed by atoms with Crippen molar-refractivity contribution in [3.63, 3.8) is 0 Å². The van der Waals surface area contributed by atoms with E-state index in [9.17, 15) is 9.59 Å². The second-order valence-corrected chi connectivity index (χ2v) is 7.94. The highest BCUT2D eigenvalue weighted by atomic mass is 16.3. The van der Waals surface area contributed by atoms with Gasteiger partial charge in [0, 0.05) is 37.2 Å². The van der Waals surface area contributed by atoms with Crippen LogP contribution in [0.1, 0.15) is 28.4 Å². The van der Waals surface area contributed by atoms with E-state index in [0.717, 1.165) is 33.4 Å². The first-order valence-corrected chi connectivity index (χ1v) is 10.00.